The topological polar surface area (TPSA) is 35.2 Å². The van der Waals surface area contributed by atoms with Crippen molar-refractivity contribution in [2.24, 2.45) is 5.73 Å². The molecule has 0 saturated carbocycles. The van der Waals surface area contributed by atoms with E-state index in [2.05, 4.69) is 0 Å². The molecule has 1 atom stereocenters. The van der Waals surface area contributed by atoms with Gasteiger partial charge in [-0.15, -0.1) is 0 Å². The van der Waals surface area contributed by atoms with E-state index in [1.165, 1.54) is 0 Å². The quantitative estimate of drug-likeness (QED) is 0.868. The van der Waals surface area contributed by atoms with E-state index in [0.29, 0.717) is 12.2 Å². The molecule has 5 heteroatoms. The number of nitrogens with two attached hydrogens (primary N) is 1. The van der Waals surface area contributed by atoms with Crippen molar-refractivity contribution >= 4 is 0 Å². The van der Waals surface area contributed by atoms with Gasteiger partial charge in [-0.2, -0.15) is 13.2 Å². The van der Waals surface area contributed by atoms with E-state index < -0.39 is 12.6 Å². The maximum Gasteiger partial charge on any atom is 0.392 e. The summed E-state index contributed by atoms with van der Waals surface area (Å²) in [7, 11) is 0. The maximum atomic E-state index is 11.9. The van der Waals surface area contributed by atoms with Crippen LogP contribution in [-0.2, 0) is 6.42 Å². The highest BCUT2D eigenvalue weighted by Crippen LogP contribution is 2.21. The molecule has 1 aromatic carbocycles. The average molecular weight is 247 g/mol. The van der Waals surface area contributed by atoms with Crippen LogP contribution in [0.3, 0.4) is 0 Å². The Kier molecular flexibility index (Phi) is 4.81. The van der Waals surface area contributed by atoms with E-state index in [-0.39, 0.29) is 12.6 Å². The van der Waals surface area contributed by atoms with Crippen molar-refractivity contribution in [3.63, 3.8) is 0 Å². The average Bonchev–Trinajstić information content (AvgIpc) is 2.15. The molecule has 0 aromatic heterocycles. The number of rotatable bonds is 5. The van der Waals surface area contributed by atoms with Gasteiger partial charge in [0.1, 0.15) is 5.75 Å². The zero-order valence-electron chi connectivity index (χ0n) is 9.63. The molecule has 0 saturated heterocycles. The standard InChI is InChI=1S/C12H16F3NO/c1-9(16)7-10-3-2-4-11(8-10)17-6-5-12(13,14)15/h2-4,8-9H,5-7,16H2,1H3. The lowest BCUT2D eigenvalue weighted by molar-refractivity contribution is -0.139. The summed E-state index contributed by atoms with van der Waals surface area (Å²) in [6.07, 6.45) is -4.44. The minimum atomic E-state index is -4.18. The van der Waals surface area contributed by atoms with Crippen LogP contribution >= 0.6 is 0 Å². The molecule has 0 bridgehead atoms. The Hall–Kier alpha value is -1.23. The van der Waals surface area contributed by atoms with Gasteiger partial charge >= 0.3 is 6.18 Å². The van der Waals surface area contributed by atoms with Crippen LogP contribution in [0.15, 0.2) is 24.3 Å². The molecule has 2 nitrogen and oxygen atoms in total. The van der Waals surface area contributed by atoms with Crippen LogP contribution in [0.5, 0.6) is 5.75 Å². The van der Waals surface area contributed by atoms with Crippen LogP contribution in [0, 0.1) is 0 Å². The Labute approximate surface area is 98.6 Å². The third kappa shape index (κ3) is 6.16. The molecule has 0 aliphatic heterocycles. The molecule has 0 radical (unpaired) electrons. The lowest BCUT2D eigenvalue weighted by Crippen LogP contribution is -2.17. The van der Waals surface area contributed by atoms with Gasteiger partial charge in [-0.1, -0.05) is 12.1 Å². The Morgan fingerprint density at radius 1 is 1.35 bits per heavy atom. The van der Waals surface area contributed by atoms with Gasteiger partial charge in [-0.25, -0.2) is 0 Å². The molecule has 1 rings (SSSR count). The van der Waals surface area contributed by atoms with Crippen molar-refractivity contribution in [3.05, 3.63) is 29.8 Å². The Morgan fingerprint density at radius 3 is 2.65 bits per heavy atom. The summed E-state index contributed by atoms with van der Waals surface area (Å²) in [5.74, 6) is 0.451. The number of ether oxygens (including phenoxy) is 1. The van der Waals surface area contributed by atoms with E-state index in [1.54, 1.807) is 18.2 Å². The predicted octanol–water partition coefficient (Wildman–Crippen LogP) is 2.91. The van der Waals surface area contributed by atoms with Gasteiger partial charge in [0.25, 0.3) is 0 Å². The molecule has 0 heterocycles. The minimum Gasteiger partial charge on any atom is -0.493 e. The van der Waals surface area contributed by atoms with Crippen molar-refractivity contribution in [1.29, 1.82) is 0 Å². The van der Waals surface area contributed by atoms with E-state index >= 15 is 0 Å². The minimum absolute atomic E-state index is 0.0143. The van der Waals surface area contributed by atoms with Crippen molar-refractivity contribution in [2.45, 2.75) is 32.0 Å². The molecule has 96 valence electrons. The first-order valence-electron chi connectivity index (χ1n) is 5.41. The van der Waals surface area contributed by atoms with E-state index in [1.807, 2.05) is 13.0 Å². The molecular weight excluding hydrogens is 231 g/mol. The molecule has 0 aliphatic rings. The highest BCUT2D eigenvalue weighted by molar-refractivity contribution is 5.28. The highest BCUT2D eigenvalue weighted by atomic mass is 19.4. The fourth-order valence-corrected chi connectivity index (χ4v) is 1.42. The molecule has 17 heavy (non-hydrogen) atoms. The van der Waals surface area contributed by atoms with Gasteiger partial charge < -0.3 is 10.5 Å². The first kappa shape index (κ1) is 13.8. The normalized spacial score (nSPS) is 13.5. The lowest BCUT2D eigenvalue weighted by atomic mass is 10.1. The van der Waals surface area contributed by atoms with Crippen molar-refractivity contribution < 1.29 is 17.9 Å². The Morgan fingerprint density at radius 2 is 2.06 bits per heavy atom. The summed E-state index contributed by atoms with van der Waals surface area (Å²) >= 11 is 0. The van der Waals surface area contributed by atoms with Gasteiger partial charge in [0.05, 0.1) is 13.0 Å². The summed E-state index contributed by atoms with van der Waals surface area (Å²) in [6.45, 7) is 1.52. The number of halogens is 3. The second-order valence-corrected chi connectivity index (χ2v) is 4.04. The molecule has 2 N–H and O–H groups in total. The Bertz CT molecular complexity index is 350. The molecule has 0 spiro atoms. The second-order valence-electron chi connectivity index (χ2n) is 4.04. The fraction of sp³-hybridized carbons (Fsp3) is 0.500. The maximum absolute atomic E-state index is 11.9. The number of hydrogen-bond acceptors (Lipinski definition) is 2. The van der Waals surface area contributed by atoms with Crippen LogP contribution in [-0.4, -0.2) is 18.8 Å². The van der Waals surface area contributed by atoms with Gasteiger partial charge in [0.2, 0.25) is 0 Å². The van der Waals surface area contributed by atoms with Gasteiger partial charge in [0.15, 0.2) is 0 Å². The SMILES string of the molecule is CC(N)Cc1cccc(OCCC(F)(F)F)c1. The number of alkyl halides is 3. The summed E-state index contributed by atoms with van der Waals surface area (Å²) < 4.78 is 40.8. The van der Waals surface area contributed by atoms with Crippen LogP contribution < -0.4 is 10.5 Å². The molecule has 0 fully saturated rings. The fourth-order valence-electron chi connectivity index (χ4n) is 1.42. The van der Waals surface area contributed by atoms with Crippen LogP contribution in [0.2, 0.25) is 0 Å². The third-order valence-electron chi connectivity index (χ3n) is 2.11. The van der Waals surface area contributed by atoms with Crippen LogP contribution in [0.25, 0.3) is 0 Å². The van der Waals surface area contributed by atoms with Crippen LogP contribution in [0.4, 0.5) is 13.2 Å². The predicted molar refractivity (Wildman–Crippen MR) is 60.0 cm³/mol. The molecule has 1 aromatic rings. The van der Waals surface area contributed by atoms with E-state index in [9.17, 15) is 13.2 Å². The zero-order chi connectivity index (χ0) is 12.9. The third-order valence-corrected chi connectivity index (χ3v) is 2.11. The number of benzene rings is 1. The first-order valence-corrected chi connectivity index (χ1v) is 5.41. The summed E-state index contributed by atoms with van der Waals surface area (Å²) in [4.78, 5) is 0. The Balaban J connectivity index is 2.48. The van der Waals surface area contributed by atoms with Crippen molar-refractivity contribution in [1.82, 2.24) is 0 Å². The first-order chi connectivity index (χ1) is 7.87. The smallest absolute Gasteiger partial charge is 0.392 e. The monoisotopic (exact) mass is 247 g/mol. The summed E-state index contributed by atoms with van der Waals surface area (Å²) in [5, 5.41) is 0. The largest absolute Gasteiger partial charge is 0.493 e. The number of hydrogen-bond donors (Lipinski definition) is 1. The molecule has 1 unspecified atom stereocenters. The lowest BCUT2D eigenvalue weighted by Gasteiger charge is -2.10. The van der Waals surface area contributed by atoms with Crippen LogP contribution in [0.1, 0.15) is 18.9 Å². The summed E-state index contributed by atoms with van der Waals surface area (Å²) in [5.41, 5.74) is 6.60. The zero-order valence-corrected chi connectivity index (χ0v) is 9.63. The summed E-state index contributed by atoms with van der Waals surface area (Å²) in [6, 6.07) is 7.00. The molecule has 0 aliphatic carbocycles. The molecular formula is C12H16F3NO. The highest BCUT2D eigenvalue weighted by Gasteiger charge is 2.26. The van der Waals surface area contributed by atoms with Gasteiger partial charge in [-0.3, -0.25) is 0 Å². The second kappa shape index (κ2) is 5.91. The van der Waals surface area contributed by atoms with E-state index in [4.69, 9.17) is 10.5 Å². The van der Waals surface area contributed by atoms with E-state index in [0.717, 1.165) is 5.56 Å². The van der Waals surface area contributed by atoms with Gasteiger partial charge in [-0.05, 0) is 31.0 Å². The molecule has 0 amide bonds. The van der Waals surface area contributed by atoms with Crippen molar-refractivity contribution in [2.75, 3.05) is 6.61 Å². The van der Waals surface area contributed by atoms with Gasteiger partial charge in [0, 0.05) is 6.04 Å². The van der Waals surface area contributed by atoms with Crippen molar-refractivity contribution in [3.8, 4) is 5.75 Å².